The third kappa shape index (κ3) is 3.49. The standard InChI is InChI=1S/C19H28/c1-4-6-7-8-9-10-18-16(5-2)14-17-12-11-15(3)13-19(17)18/h11-13H,4-10,14H2,1-3H3. The maximum absolute atomic E-state index is 2.40. The van der Waals surface area contributed by atoms with Crippen molar-refractivity contribution < 1.29 is 0 Å². The van der Waals surface area contributed by atoms with Gasteiger partial charge in [0.1, 0.15) is 0 Å². The molecule has 0 nitrogen and oxygen atoms in total. The normalized spacial score (nSPS) is 14.1. The van der Waals surface area contributed by atoms with Gasteiger partial charge in [0.2, 0.25) is 0 Å². The summed E-state index contributed by atoms with van der Waals surface area (Å²) in [4.78, 5) is 0. The second-order valence-electron chi connectivity index (χ2n) is 5.94. The molecule has 0 heteroatoms. The molecule has 1 aromatic rings. The Bertz CT molecular complexity index is 451. The lowest BCUT2D eigenvalue weighted by Crippen LogP contribution is -1.88. The quantitative estimate of drug-likeness (QED) is 0.519. The highest BCUT2D eigenvalue weighted by Crippen LogP contribution is 2.38. The van der Waals surface area contributed by atoms with E-state index < -0.39 is 0 Å². The van der Waals surface area contributed by atoms with Gasteiger partial charge in [-0.15, -0.1) is 0 Å². The van der Waals surface area contributed by atoms with Crippen LogP contribution in [0.5, 0.6) is 0 Å². The van der Waals surface area contributed by atoms with Crippen LogP contribution in [0.1, 0.15) is 75.5 Å². The average Bonchev–Trinajstić information content (AvgIpc) is 2.76. The van der Waals surface area contributed by atoms with E-state index in [-0.39, 0.29) is 0 Å². The van der Waals surface area contributed by atoms with Crippen LogP contribution in [-0.2, 0) is 6.42 Å². The van der Waals surface area contributed by atoms with Crippen molar-refractivity contribution in [2.45, 2.75) is 72.1 Å². The SMILES string of the molecule is CCCCCCCC1=C(CC)Cc2ccc(C)cc21. The summed E-state index contributed by atoms with van der Waals surface area (Å²) in [5, 5.41) is 0. The van der Waals surface area contributed by atoms with E-state index in [1.807, 2.05) is 0 Å². The number of hydrogen-bond donors (Lipinski definition) is 0. The summed E-state index contributed by atoms with van der Waals surface area (Å²) < 4.78 is 0. The summed E-state index contributed by atoms with van der Waals surface area (Å²) >= 11 is 0. The van der Waals surface area contributed by atoms with Gasteiger partial charge in [0.05, 0.1) is 0 Å². The van der Waals surface area contributed by atoms with Gasteiger partial charge in [-0.2, -0.15) is 0 Å². The van der Waals surface area contributed by atoms with Gasteiger partial charge in [-0.05, 0) is 49.3 Å². The molecule has 0 fully saturated rings. The third-order valence-corrected chi connectivity index (χ3v) is 4.38. The number of unbranched alkanes of at least 4 members (excludes halogenated alkanes) is 4. The van der Waals surface area contributed by atoms with E-state index in [2.05, 4.69) is 39.0 Å². The second kappa shape index (κ2) is 6.93. The van der Waals surface area contributed by atoms with Crippen LogP contribution >= 0.6 is 0 Å². The molecule has 0 aliphatic heterocycles. The lowest BCUT2D eigenvalue weighted by Gasteiger charge is -2.08. The molecule has 0 spiro atoms. The molecule has 0 atom stereocenters. The molecule has 0 bridgehead atoms. The zero-order valence-electron chi connectivity index (χ0n) is 12.9. The first-order chi connectivity index (χ1) is 9.26. The Morgan fingerprint density at radius 3 is 2.53 bits per heavy atom. The average molecular weight is 256 g/mol. The predicted molar refractivity (Wildman–Crippen MR) is 85.5 cm³/mol. The minimum Gasteiger partial charge on any atom is -0.0654 e. The first-order valence-corrected chi connectivity index (χ1v) is 8.07. The molecule has 0 amide bonds. The number of fused-ring (bicyclic) bond motifs is 1. The third-order valence-electron chi connectivity index (χ3n) is 4.38. The van der Waals surface area contributed by atoms with E-state index in [1.165, 1.54) is 56.9 Å². The molecular weight excluding hydrogens is 228 g/mol. The van der Waals surface area contributed by atoms with Crippen LogP contribution in [-0.4, -0.2) is 0 Å². The number of rotatable bonds is 7. The summed E-state index contributed by atoms with van der Waals surface area (Å²) in [6.07, 6.45) is 10.6. The van der Waals surface area contributed by atoms with Crippen LogP contribution in [0.4, 0.5) is 0 Å². The van der Waals surface area contributed by atoms with Crippen molar-refractivity contribution >= 4 is 5.57 Å². The molecule has 0 saturated carbocycles. The van der Waals surface area contributed by atoms with Gasteiger partial charge in [0.25, 0.3) is 0 Å². The Labute approximate surface area is 118 Å². The maximum atomic E-state index is 2.40. The fraction of sp³-hybridized carbons (Fsp3) is 0.579. The molecule has 2 rings (SSSR count). The summed E-state index contributed by atoms with van der Waals surface area (Å²) in [6, 6.07) is 7.00. The van der Waals surface area contributed by atoms with Crippen LogP contribution in [0.15, 0.2) is 23.8 Å². The van der Waals surface area contributed by atoms with E-state index in [0.717, 1.165) is 0 Å². The summed E-state index contributed by atoms with van der Waals surface area (Å²) in [5.74, 6) is 0. The van der Waals surface area contributed by atoms with Crippen molar-refractivity contribution in [2.75, 3.05) is 0 Å². The van der Waals surface area contributed by atoms with Crippen molar-refractivity contribution in [3.05, 3.63) is 40.5 Å². The molecule has 0 unspecified atom stereocenters. The number of hydrogen-bond acceptors (Lipinski definition) is 0. The largest absolute Gasteiger partial charge is 0.0654 e. The van der Waals surface area contributed by atoms with Crippen LogP contribution in [0.25, 0.3) is 5.57 Å². The molecule has 0 radical (unpaired) electrons. The molecule has 0 N–H and O–H groups in total. The Kier molecular flexibility index (Phi) is 5.24. The van der Waals surface area contributed by atoms with E-state index in [0.29, 0.717) is 0 Å². The molecule has 1 aliphatic rings. The molecule has 0 heterocycles. The van der Waals surface area contributed by atoms with Gasteiger partial charge < -0.3 is 0 Å². The highest BCUT2D eigenvalue weighted by Gasteiger charge is 2.19. The van der Waals surface area contributed by atoms with Crippen LogP contribution in [0.3, 0.4) is 0 Å². The highest BCUT2D eigenvalue weighted by molar-refractivity contribution is 5.76. The summed E-state index contributed by atoms with van der Waals surface area (Å²) in [7, 11) is 0. The van der Waals surface area contributed by atoms with Crippen LogP contribution in [0, 0.1) is 6.92 Å². The van der Waals surface area contributed by atoms with E-state index in [4.69, 9.17) is 0 Å². The van der Waals surface area contributed by atoms with Crippen molar-refractivity contribution in [1.82, 2.24) is 0 Å². The molecule has 19 heavy (non-hydrogen) atoms. The number of benzene rings is 1. The van der Waals surface area contributed by atoms with Gasteiger partial charge in [-0.3, -0.25) is 0 Å². The molecule has 0 aromatic heterocycles. The first kappa shape index (κ1) is 14.4. The van der Waals surface area contributed by atoms with Crippen molar-refractivity contribution in [3.8, 4) is 0 Å². The summed E-state index contributed by atoms with van der Waals surface area (Å²) in [6.45, 7) is 6.81. The van der Waals surface area contributed by atoms with E-state index in [9.17, 15) is 0 Å². The Hall–Kier alpha value is -1.04. The minimum absolute atomic E-state index is 1.20. The van der Waals surface area contributed by atoms with E-state index in [1.54, 1.807) is 22.3 Å². The van der Waals surface area contributed by atoms with Gasteiger partial charge >= 0.3 is 0 Å². The first-order valence-electron chi connectivity index (χ1n) is 8.07. The fourth-order valence-corrected chi connectivity index (χ4v) is 3.21. The van der Waals surface area contributed by atoms with Crippen molar-refractivity contribution in [2.24, 2.45) is 0 Å². The highest BCUT2D eigenvalue weighted by atomic mass is 14.2. The zero-order chi connectivity index (χ0) is 13.7. The topological polar surface area (TPSA) is 0 Å². The molecule has 0 saturated heterocycles. The van der Waals surface area contributed by atoms with Gasteiger partial charge in [-0.25, -0.2) is 0 Å². The Balaban J connectivity index is 2.03. The van der Waals surface area contributed by atoms with Crippen molar-refractivity contribution in [1.29, 1.82) is 0 Å². The lowest BCUT2D eigenvalue weighted by molar-refractivity contribution is 0.640. The number of aryl methyl sites for hydroxylation is 1. The van der Waals surface area contributed by atoms with Crippen LogP contribution in [0.2, 0.25) is 0 Å². The molecule has 1 aromatic carbocycles. The Morgan fingerprint density at radius 1 is 1.00 bits per heavy atom. The number of allylic oxidation sites excluding steroid dienone is 2. The minimum atomic E-state index is 1.20. The Morgan fingerprint density at radius 2 is 1.79 bits per heavy atom. The smallest absolute Gasteiger partial charge is 0.00551 e. The lowest BCUT2D eigenvalue weighted by atomic mass is 9.97. The molecule has 1 aliphatic carbocycles. The van der Waals surface area contributed by atoms with Gasteiger partial charge in [0, 0.05) is 0 Å². The van der Waals surface area contributed by atoms with Crippen molar-refractivity contribution in [3.63, 3.8) is 0 Å². The van der Waals surface area contributed by atoms with Crippen LogP contribution < -0.4 is 0 Å². The molecular formula is C19H28. The zero-order valence-corrected chi connectivity index (χ0v) is 12.9. The fourth-order valence-electron chi connectivity index (χ4n) is 3.21. The summed E-state index contributed by atoms with van der Waals surface area (Å²) in [5.41, 5.74) is 7.90. The second-order valence-corrected chi connectivity index (χ2v) is 5.94. The van der Waals surface area contributed by atoms with Gasteiger partial charge in [0.15, 0.2) is 0 Å². The van der Waals surface area contributed by atoms with E-state index >= 15 is 0 Å². The van der Waals surface area contributed by atoms with Gasteiger partial charge in [-0.1, -0.05) is 68.9 Å². The predicted octanol–water partition coefficient (Wildman–Crippen LogP) is 6.08. The maximum Gasteiger partial charge on any atom is -0.00551 e. The monoisotopic (exact) mass is 256 g/mol. The molecule has 104 valence electrons.